The van der Waals surface area contributed by atoms with Crippen molar-refractivity contribution in [3.8, 4) is 0 Å². The van der Waals surface area contributed by atoms with Gasteiger partial charge in [-0.2, -0.15) is 0 Å². The third kappa shape index (κ3) is 3.04. The average Bonchev–Trinajstić information content (AvgIpc) is 2.36. The van der Waals surface area contributed by atoms with E-state index in [9.17, 15) is 0 Å². The van der Waals surface area contributed by atoms with Crippen molar-refractivity contribution in [1.29, 1.82) is 0 Å². The van der Waals surface area contributed by atoms with Gasteiger partial charge >= 0.3 is 0 Å². The molecule has 0 aliphatic rings. The highest BCUT2D eigenvalue weighted by Gasteiger charge is 2.15. The van der Waals surface area contributed by atoms with Gasteiger partial charge in [-0.3, -0.25) is 10.8 Å². The van der Waals surface area contributed by atoms with Crippen LogP contribution in [0.4, 0.5) is 0 Å². The van der Waals surface area contributed by atoms with Gasteiger partial charge in [-0.25, -0.2) is 5.43 Å². The van der Waals surface area contributed by atoms with Crippen LogP contribution in [0, 0.1) is 3.57 Å². The third-order valence-electron chi connectivity index (χ3n) is 2.45. The van der Waals surface area contributed by atoms with Gasteiger partial charge < -0.3 is 0 Å². The molecule has 0 radical (unpaired) electrons. The molecule has 0 bridgehead atoms. The van der Waals surface area contributed by atoms with E-state index in [1.165, 1.54) is 0 Å². The second kappa shape index (κ2) is 5.90. The normalized spacial score (nSPS) is 12.4. The molecule has 3 N–H and O–H groups in total. The van der Waals surface area contributed by atoms with Crippen LogP contribution < -0.4 is 11.3 Å². The lowest BCUT2D eigenvalue weighted by atomic mass is 10.0. The summed E-state index contributed by atoms with van der Waals surface area (Å²) < 4.78 is 2.20. The molecular weight excluding hydrogens is 393 g/mol. The zero-order valence-electron chi connectivity index (χ0n) is 8.90. The average molecular weight is 404 g/mol. The zero-order valence-corrected chi connectivity index (χ0v) is 12.6. The van der Waals surface area contributed by atoms with Crippen molar-refractivity contribution >= 4 is 38.5 Å². The smallest absolute Gasteiger partial charge is 0.0735 e. The highest BCUT2D eigenvalue weighted by Crippen LogP contribution is 2.27. The molecule has 0 aliphatic carbocycles. The maximum Gasteiger partial charge on any atom is 0.0735 e. The maximum absolute atomic E-state index is 5.66. The summed E-state index contributed by atoms with van der Waals surface area (Å²) in [5.41, 5.74) is 5.02. The van der Waals surface area contributed by atoms with Crippen molar-refractivity contribution in [3.63, 3.8) is 0 Å². The number of hydrogen-bond acceptors (Lipinski definition) is 3. The second-order valence-corrected chi connectivity index (χ2v) is 5.63. The highest BCUT2D eigenvalue weighted by molar-refractivity contribution is 14.1. The van der Waals surface area contributed by atoms with Crippen LogP contribution in [-0.2, 0) is 0 Å². The summed E-state index contributed by atoms with van der Waals surface area (Å²) in [6, 6.07) is 10.0. The largest absolute Gasteiger partial charge is 0.271 e. The number of nitrogens with two attached hydrogens (primary N) is 1. The van der Waals surface area contributed by atoms with Gasteiger partial charge in [-0.15, -0.1) is 0 Å². The number of nitrogens with zero attached hydrogens (tertiary/aromatic N) is 1. The minimum atomic E-state index is -0.0481. The molecule has 1 heterocycles. The van der Waals surface area contributed by atoms with Gasteiger partial charge in [0.2, 0.25) is 0 Å². The summed E-state index contributed by atoms with van der Waals surface area (Å²) in [5, 5.41) is 0. The Morgan fingerprint density at radius 3 is 2.82 bits per heavy atom. The molecule has 3 nitrogen and oxygen atoms in total. The molecule has 1 unspecified atom stereocenters. The molecule has 2 rings (SSSR count). The Morgan fingerprint density at radius 1 is 1.35 bits per heavy atom. The first-order valence-corrected chi connectivity index (χ1v) is 6.90. The topological polar surface area (TPSA) is 50.9 Å². The summed E-state index contributed by atoms with van der Waals surface area (Å²) in [6.07, 6.45) is 3.57. The van der Waals surface area contributed by atoms with Gasteiger partial charge in [0.1, 0.15) is 0 Å². The Bertz CT molecular complexity index is 504. The minimum absolute atomic E-state index is 0.0481. The second-order valence-electron chi connectivity index (χ2n) is 3.55. The first-order valence-electron chi connectivity index (χ1n) is 5.03. The fourth-order valence-corrected chi connectivity index (χ4v) is 2.67. The molecule has 0 aliphatic heterocycles. The fraction of sp³-hybridized carbons (Fsp3) is 0.0833. The van der Waals surface area contributed by atoms with E-state index in [0.717, 1.165) is 19.2 Å². The molecule has 0 spiro atoms. The molecule has 1 atom stereocenters. The van der Waals surface area contributed by atoms with Crippen LogP contribution in [0.15, 0.2) is 47.2 Å². The summed E-state index contributed by atoms with van der Waals surface area (Å²) in [7, 11) is 0. The lowest BCUT2D eigenvalue weighted by molar-refractivity contribution is 0.632. The monoisotopic (exact) mass is 403 g/mol. The van der Waals surface area contributed by atoms with Gasteiger partial charge in [0.05, 0.1) is 6.04 Å². The van der Waals surface area contributed by atoms with Crippen molar-refractivity contribution in [3.05, 3.63) is 61.9 Å². The molecule has 88 valence electrons. The Morgan fingerprint density at radius 2 is 2.18 bits per heavy atom. The summed E-state index contributed by atoms with van der Waals surface area (Å²) in [5.74, 6) is 5.66. The van der Waals surface area contributed by atoms with Crippen molar-refractivity contribution in [2.24, 2.45) is 5.84 Å². The van der Waals surface area contributed by atoms with Crippen LogP contribution >= 0.6 is 38.5 Å². The first kappa shape index (κ1) is 12.9. The van der Waals surface area contributed by atoms with E-state index in [1.54, 1.807) is 6.20 Å². The van der Waals surface area contributed by atoms with Crippen LogP contribution in [0.2, 0.25) is 0 Å². The maximum atomic E-state index is 5.66. The van der Waals surface area contributed by atoms with Crippen molar-refractivity contribution in [2.45, 2.75) is 6.04 Å². The number of nitrogens with one attached hydrogen (secondary N) is 1. The van der Waals surface area contributed by atoms with E-state index in [2.05, 4.69) is 61.1 Å². The number of hydrazine groups is 1. The number of halogens is 2. The number of pyridine rings is 1. The van der Waals surface area contributed by atoms with Gasteiger partial charge in [-0.05, 0) is 58.0 Å². The number of aromatic nitrogens is 1. The molecular formula is C12H11BrIN3. The highest BCUT2D eigenvalue weighted by atomic mass is 127. The van der Waals surface area contributed by atoms with Crippen molar-refractivity contribution in [2.75, 3.05) is 0 Å². The Balaban J connectivity index is 2.46. The van der Waals surface area contributed by atoms with E-state index < -0.39 is 0 Å². The van der Waals surface area contributed by atoms with Crippen LogP contribution in [0.1, 0.15) is 17.2 Å². The predicted octanol–water partition coefficient (Wildman–Crippen LogP) is 3.00. The van der Waals surface area contributed by atoms with E-state index in [1.807, 2.05) is 24.4 Å². The molecule has 1 aromatic carbocycles. The Kier molecular flexibility index (Phi) is 4.49. The lowest BCUT2D eigenvalue weighted by Gasteiger charge is -2.18. The number of benzene rings is 1. The van der Waals surface area contributed by atoms with Gasteiger partial charge in [0.15, 0.2) is 0 Å². The summed E-state index contributed by atoms with van der Waals surface area (Å²) >= 11 is 5.78. The lowest BCUT2D eigenvalue weighted by Crippen LogP contribution is -2.29. The first-order chi connectivity index (χ1) is 8.22. The molecule has 0 saturated heterocycles. The third-order valence-corrected chi connectivity index (χ3v) is 3.93. The van der Waals surface area contributed by atoms with E-state index in [0.29, 0.717) is 0 Å². The van der Waals surface area contributed by atoms with Crippen LogP contribution in [0.3, 0.4) is 0 Å². The quantitative estimate of drug-likeness (QED) is 0.470. The Labute approximate surface area is 122 Å². The molecule has 0 fully saturated rings. The molecule has 0 saturated carbocycles. The van der Waals surface area contributed by atoms with Gasteiger partial charge in [0, 0.05) is 20.4 Å². The predicted molar refractivity (Wildman–Crippen MR) is 80.3 cm³/mol. The van der Waals surface area contributed by atoms with Gasteiger partial charge in [-0.1, -0.05) is 22.0 Å². The fourth-order valence-electron chi connectivity index (χ4n) is 1.65. The Hall–Kier alpha value is -0.500. The number of rotatable bonds is 3. The van der Waals surface area contributed by atoms with Crippen LogP contribution in [-0.4, -0.2) is 4.98 Å². The van der Waals surface area contributed by atoms with Crippen LogP contribution in [0.5, 0.6) is 0 Å². The zero-order chi connectivity index (χ0) is 12.3. The molecule has 5 heteroatoms. The standard InChI is InChI=1S/C12H11BrIN3/c13-9-3-4-11(14)10(6-9)12(17-15)8-2-1-5-16-7-8/h1-7,12,17H,15H2. The molecule has 2 aromatic rings. The summed E-state index contributed by atoms with van der Waals surface area (Å²) in [6.45, 7) is 0. The van der Waals surface area contributed by atoms with E-state index in [-0.39, 0.29) is 6.04 Å². The van der Waals surface area contributed by atoms with Crippen molar-refractivity contribution < 1.29 is 0 Å². The van der Waals surface area contributed by atoms with E-state index in [4.69, 9.17) is 5.84 Å². The van der Waals surface area contributed by atoms with Crippen LogP contribution in [0.25, 0.3) is 0 Å². The number of hydrogen-bond donors (Lipinski definition) is 2. The minimum Gasteiger partial charge on any atom is -0.271 e. The van der Waals surface area contributed by atoms with Crippen molar-refractivity contribution in [1.82, 2.24) is 10.4 Å². The molecule has 17 heavy (non-hydrogen) atoms. The van der Waals surface area contributed by atoms with Gasteiger partial charge in [0.25, 0.3) is 0 Å². The summed E-state index contributed by atoms with van der Waals surface area (Å²) in [4.78, 5) is 4.12. The molecule has 1 aromatic heterocycles. The van der Waals surface area contributed by atoms with E-state index >= 15 is 0 Å². The SMILES string of the molecule is NNC(c1cccnc1)c1cc(Br)ccc1I. The molecule has 0 amide bonds.